The van der Waals surface area contributed by atoms with Gasteiger partial charge in [0.15, 0.2) is 16.6 Å². The lowest BCUT2D eigenvalue weighted by Crippen LogP contribution is -2.40. The van der Waals surface area contributed by atoms with Gasteiger partial charge in [-0.2, -0.15) is 0 Å². The molecule has 120 valence electrons. The van der Waals surface area contributed by atoms with Gasteiger partial charge in [-0.25, -0.2) is 0 Å². The van der Waals surface area contributed by atoms with Crippen LogP contribution in [-0.4, -0.2) is 25.4 Å². The van der Waals surface area contributed by atoms with E-state index >= 15 is 0 Å². The molecule has 0 spiro atoms. The molecule has 2 aliphatic rings. The Morgan fingerprint density at radius 3 is 2.45 bits per heavy atom. The summed E-state index contributed by atoms with van der Waals surface area (Å²) in [6.45, 7) is 2.03. The molecule has 0 heterocycles. The lowest BCUT2D eigenvalue weighted by Gasteiger charge is -2.25. The average Bonchev–Trinajstić information content (AvgIpc) is 3.11. The van der Waals surface area contributed by atoms with Gasteiger partial charge in [0.1, 0.15) is 0 Å². The summed E-state index contributed by atoms with van der Waals surface area (Å²) in [5.41, 5.74) is 2.04. The minimum absolute atomic E-state index is 0.541. The minimum atomic E-state index is 0.541. The van der Waals surface area contributed by atoms with E-state index in [2.05, 4.69) is 10.6 Å². The summed E-state index contributed by atoms with van der Waals surface area (Å²) in [6, 6.07) is 4.43. The number of rotatable bonds is 4. The molecule has 3 rings (SSSR count). The number of anilines is 1. The van der Waals surface area contributed by atoms with Crippen molar-refractivity contribution in [3.05, 3.63) is 17.7 Å². The maximum absolute atomic E-state index is 5.49. The standard InChI is InChI=1S/C17H24N2O2S/c1-10-6-15(20-2)16(21-3)9-13(10)18-17(22)19-14-8-11-4-5-12(14)7-11/h6,9,11-12,14H,4-5,7-8H2,1-3H3,(H2,18,19,22)/t11-,12-,14+/m0/s1. The van der Waals surface area contributed by atoms with E-state index in [1.807, 2.05) is 19.1 Å². The molecule has 2 aliphatic carbocycles. The molecule has 0 saturated heterocycles. The number of benzene rings is 1. The predicted molar refractivity (Wildman–Crippen MR) is 92.9 cm³/mol. The van der Waals surface area contributed by atoms with Crippen LogP contribution < -0.4 is 20.1 Å². The number of nitrogens with one attached hydrogen (secondary N) is 2. The van der Waals surface area contributed by atoms with Gasteiger partial charge < -0.3 is 20.1 Å². The molecule has 22 heavy (non-hydrogen) atoms. The van der Waals surface area contributed by atoms with Gasteiger partial charge >= 0.3 is 0 Å². The van der Waals surface area contributed by atoms with E-state index in [1.54, 1.807) is 14.2 Å². The number of hydrogen-bond acceptors (Lipinski definition) is 3. The highest BCUT2D eigenvalue weighted by Crippen LogP contribution is 2.44. The molecular weight excluding hydrogens is 296 g/mol. The van der Waals surface area contributed by atoms with Crippen molar-refractivity contribution in [2.24, 2.45) is 11.8 Å². The highest BCUT2D eigenvalue weighted by molar-refractivity contribution is 7.80. The second kappa shape index (κ2) is 6.32. The van der Waals surface area contributed by atoms with Gasteiger partial charge in [0, 0.05) is 17.8 Å². The van der Waals surface area contributed by atoms with Crippen LogP contribution >= 0.6 is 12.2 Å². The van der Waals surface area contributed by atoms with E-state index in [4.69, 9.17) is 21.7 Å². The predicted octanol–water partition coefficient (Wildman–Crippen LogP) is 3.49. The van der Waals surface area contributed by atoms with Crippen LogP contribution in [0.5, 0.6) is 11.5 Å². The first kappa shape index (κ1) is 15.4. The molecule has 0 radical (unpaired) electrons. The maximum Gasteiger partial charge on any atom is 0.171 e. The Balaban J connectivity index is 1.66. The molecule has 2 N–H and O–H groups in total. The molecule has 2 fully saturated rings. The molecule has 1 aromatic rings. The van der Waals surface area contributed by atoms with Crippen LogP contribution in [0.3, 0.4) is 0 Å². The molecule has 4 nitrogen and oxygen atoms in total. The second-order valence-corrected chi connectivity index (χ2v) is 6.81. The Kier molecular flexibility index (Phi) is 4.43. The summed E-state index contributed by atoms with van der Waals surface area (Å²) in [5.74, 6) is 3.15. The topological polar surface area (TPSA) is 42.5 Å². The van der Waals surface area contributed by atoms with Gasteiger partial charge in [-0.05, 0) is 61.9 Å². The zero-order chi connectivity index (χ0) is 15.7. The van der Waals surface area contributed by atoms with Crippen LogP contribution in [-0.2, 0) is 0 Å². The lowest BCUT2D eigenvalue weighted by atomic mass is 9.95. The van der Waals surface area contributed by atoms with E-state index < -0.39 is 0 Å². The Labute approximate surface area is 137 Å². The van der Waals surface area contributed by atoms with Crippen LogP contribution in [0.1, 0.15) is 31.2 Å². The van der Waals surface area contributed by atoms with Crippen LogP contribution in [0, 0.1) is 18.8 Å². The van der Waals surface area contributed by atoms with Crippen LogP contribution in [0.2, 0.25) is 0 Å². The van der Waals surface area contributed by atoms with Gasteiger partial charge in [0.25, 0.3) is 0 Å². The summed E-state index contributed by atoms with van der Waals surface area (Å²) >= 11 is 5.49. The van der Waals surface area contributed by atoms with Crippen LogP contribution in [0.4, 0.5) is 5.69 Å². The third kappa shape index (κ3) is 3.00. The summed E-state index contributed by atoms with van der Waals surface area (Å²) < 4.78 is 10.7. The number of aryl methyl sites for hydroxylation is 1. The van der Waals surface area contributed by atoms with Crippen molar-refractivity contribution in [3.8, 4) is 11.5 Å². The van der Waals surface area contributed by atoms with E-state index in [0.717, 1.165) is 28.8 Å². The SMILES string of the molecule is COc1cc(C)c(NC(=S)N[C@@H]2C[C@H]3CC[C@H]2C3)cc1OC. The van der Waals surface area contributed by atoms with Crippen molar-refractivity contribution in [3.63, 3.8) is 0 Å². The highest BCUT2D eigenvalue weighted by Gasteiger charge is 2.39. The van der Waals surface area contributed by atoms with E-state index in [9.17, 15) is 0 Å². The third-order valence-corrected chi connectivity index (χ3v) is 5.25. The normalized spacial score (nSPS) is 25.9. The number of fused-ring (bicyclic) bond motifs is 2. The molecule has 2 bridgehead atoms. The fourth-order valence-electron chi connectivity index (χ4n) is 3.86. The summed E-state index contributed by atoms with van der Waals surface area (Å²) in [6.07, 6.45) is 5.38. The van der Waals surface area contributed by atoms with Crippen molar-refractivity contribution in [2.75, 3.05) is 19.5 Å². The van der Waals surface area contributed by atoms with E-state index in [0.29, 0.717) is 16.9 Å². The Morgan fingerprint density at radius 1 is 1.14 bits per heavy atom. The van der Waals surface area contributed by atoms with Gasteiger partial charge in [-0.15, -0.1) is 0 Å². The Hall–Kier alpha value is -1.49. The highest BCUT2D eigenvalue weighted by atomic mass is 32.1. The minimum Gasteiger partial charge on any atom is -0.493 e. The van der Waals surface area contributed by atoms with Gasteiger partial charge in [0.2, 0.25) is 0 Å². The first-order valence-corrected chi connectivity index (χ1v) is 8.31. The average molecular weight is 320 g/mol. The van der Waals surface area contributed by atoms with Gasteiger partial charge in [-0.1, -0.05) is 6.42 Å². The van der Waals surface area contributed by atoms with E-state index in [1.165, 1.54) is 25.7 Å². The zero-order valence-electron chi connectivity index (χ0n) is 13.4. The van der Waals surface area contributed by atoms with Gasteiger partial charge in [-0.3, -0.25) is 0 Å². The first-order valence-electron chi connectivity index (χ1n) is 7.91. The number of methoxy groups -OCH3 is 2. The molecule has 0 aromatic heterocycles. The number of ether oxygens (including phenoxy) is 2. The summed E-state index contributed by atoms with van der Waals surface area (Å²) in [4.78, 5) is 0. The molecule has 0 unspecified atom stereocenters. The maximum atomic E-state index is 5.49. The van der Waals surface area contributed by atoms with E-state index in [-0.39, 0.29) is 0 Å². The molecule has 0 amide bonds. The molecule has 3 atom stereocenters. The Morgan fingerprint density at radius 2 is 1.86 bits per heavy atom. The van der Waals surface area contributed by atoms with Crippen molar-refractivity contribution >= 4 is 23.0 Å². The fourth-order valence-corrected chi connectivity index (χ4v) is 4.12. The monoisotopic (exact) mass is 320 g/mol. The Bertz CT molecular complexity index is 576. The van der Waals surface area contributed by atoms with Crippen molar-refractivity contribution in [1.82, 2.24) is 5.32 Å². The van der Waals surface area contributed by atoms with Crippen molar-refractivity contribution in [2.45, 2.75) is 38.6 Å². The fraction of sp³-hybridized carbons (Fsp3) is 0.588. The van der Waals surface area contributed by atoms with Crippen LogP contribution in [0.25, 0.3) is 0 Å². The largest absolute Gasteiger partial charge is 0.493 e. The zero-order valence-corrected chi connectivity index (χ0v) is 14.3. The van der Waals surface area contributed by atoms with Crippen molar-refractivity contribution in [1.29, 1.82) is 0 Å². The smallest absolute Gasteiger partial charge is 0.171 e. The molecule has 5 heteroatoms. The summed E-state index contributed by atoms with van der Waals surface area (Å²) in [5, 5.41) is 7.51. The van der Waals surface area contributed by atoms with Gasteiger partial charge in [0.05, 0.1) is 14.2 Å². The third-order valence-electron chi connectivity index (χ3n) is 5.03. The molecular formula is C17H24N2O2S. The first-order chi connectivity index (χ1) is 10.6. The molecule has 2 saturated carbocycles. The molecule has 0 aliphatic heterocycles. The quantitative estimate of drug-likeness (QED) is 0.831. The molecule has 1 aromatic carbocycles. The number of hydrogen-bond donors (Lipinski definition) is 2. The second-order valence-electron chi connectivity index (χ2n) is 6.40. The van der Waals surface area contributed by atoms with Crippen molar-refractivity contribution < 1.29 is 9.47 Å². The van der Waals surface area contributed by atoms with Crippen LogP contribution in [0.15, 0.2) is 12.1 Å². The number of thiocarbonyl (C=S) groups is 1. The lowest BCUT2D eigenvalue weighted by molar-refractivity contribution is 0.355. The summed E-state index contributed by atoms with van der Waals surface area (Å²) in [7, 11) is 3.29.